The minimum absolute atomic E-state index is 0.698. The van der Waals surface area contributed by atoms with Gasteiger partial charge in [0, 0.05) is 12.3 Å². The van der Waals surface area contributed by atoms with Gasteiger partial charge in [-0.05, 0) is 22.0 Å². The summed E-state index contributed by atoms with van der Waals surface area (Å²) >= 11 is 3.18. The van der Waals surface area contributed by atoms with Crippen LogP contribution in [0.15, 0.2) is 16.9 Å². The molecule has 0 fully saturated rings. The molecule has 1 aromatic heterocycles. The molecule has 0 amide bonds. The summed E-state index contributed by atoms with van der Waals surface area (Å²) in [5, 5.41) is 0. The largest absolute Gasteiger partial charge is 0.247 e. The first-order valence-corrected chi connectivity index (χ1v) is 3.12. The van der Waals surface area contributed by atoms with E-state index >= 15 is 0 Å². The maximum atomic E-state index is 5.11. The molecule has 1 aromatic rings. The third kappa shape index (κ3) is 1.30. The van der Waals surface area contributed by atoms with E-state index in [9.17, 15) is 0 Å². The fraction of sp³-hybridized carbons (Fsp3) is 0. The van der Waals surface area contributed by atoms with Gasteiger partial charge in [-0.3, -0.25) is 0 Å². The first-order chi connectivity index (χ1) is 4.34. The molecule has 0 N–H and O–H groups in total. The summed E-state index contributed by atoms with van der Waals surface area (Å²) in [5.41, 5.74) is 0.734. The number of aromatic nitrogens is 1. The average molecular weight is 181 g/mol. The molecule has 0 bridgehead atoms. The third-order valence-electron chi connectivity index (χ3n) is 0.858. The molecule has 1 rings (SSSR count). The standard InChI is InChI=1S/C7H3BrN/c1-2-6-4-3-5-9-7(6)8/h1,4-5H. The highest BCUT2D eigenvalue weighted by molar-refractivity contribution is 9.10. The highest BCUT2D eigenvalue weighted by Crippen LogP contribution is 2.09. The molecule has 43 valence electrons. The molecule has 0 saturated carbocycles. The van der Waals surface area contributed by atoms with Crippen molar-refractivity contribution in [2.75, 3.05) is 0 Å². The van der Waals surface area contributed by atoms with Gasteiger partial charge in [-0.1, -0.05) is 5.92 Å². The molecule has 1 nitrogen and oxygen atoms in total. The average Bonchev–Trinajstić information content (AvgIpc) is 1.89. The zero-order valence-corrected chi connectivity index (χ0v) is 6.14. The summed E-state index contributed by atoms with van der Waals surface area (Å²) in [7, 11) is 0. The number of hydrogen-bond acceptors (Lipinski definition) is 1. The molecule has 0 aliphatic rings. The number of hydrogen-bond donors (Lipinski definition) is 0. The van der Waals surface area contributed by atoms with Crippen LogP contribution in [0.2, 0.25) is 0 Å². The van der Waals surface area contributed by atoms with Gasteiger partial charge in [-0.2, -0.15) is 0 Å². The number of nitrogens with zero attached hydrogens (tertiary/aromatic N) is 1. The van der Waals surface area contributed by atoms with Crippen molar-refractivity contribution in [3.05, 3.63) is 28.5 Å². The van der Waals surface area contributed by atoms with Crippen molar-refractivity contribution in [1.29, 1.82) is 0 Å². The van der Waals surface area contributed by atoms with Crippen LogP contribution in [-0.2, 0) is 0 Å². The molecular weight excluding hydrogens is 178 g/mol. The van der Waals surface area contributed by atoms with Gasteiger partial charge in [0.1, 0.15) is 4.60 Å². The first-order valence-electron chi connectivity index (χ1n) is 2.33. The molecule has 0 aliphatic heterocycles. The van der Waals surface area contributed by atoms with Crippen LogP contribution in [0.4, 0.5) is 0 Å². The summed E-state index contributed by atoms with van der Waals surface area (Å²) in [5.74, 6) is 2.45. The molecule has 0 spiro atoms. The number of terminal acetylenes is 1. The van der Waals surface area contributed by atoms with Crippen molar-refractivity contribution < 1.29 is 0 Å². The highest BCUT2D eigenvalue weighted by atomic mass is 79.9. The van der Waals surface area contributed by atoms with Crippen molar-refractivity contribution >= 4 is 15.9 Å². The van der Waals surface area contributed by atoms with E-state index in [-0.39, 0.29) is 0 Å². The van der Waals surface area contributed by atoms with Gasteiger partial charge in [0.2, 0.25) is 0 Å². The van der Waals surface area contributed by atoms with E-state index in [0.29, 0.717) is 4.60 Å². The van der Waals surface area contributed by atoms with Gasteiger partial charge >= 0.3 is 0 Å². The second kappa shape index (κ2) is 2.65. The van der Waals surface area contributed by atoms with Gasteiger partial charge in [0.15, 0.2) is 0 Å². The predicted molar refractivity (Wildman–Crippen MR) is 38.7 cm³/mol. The Morgan fingerprint density at radius 2 is 2.56 bits per heavy atom. The first kappa shape index (κ1) is 6.31. The fourth-order valence-corrected chi connectivity index (χ4v) is 0.776. The Morgan fingerprint density at radius 3 is 3.00 bits per heavy atom. The Bertz CT molecular complexity index is 249. The minimum Gasteiger partial charge on any atom is -0.247 e. The van der Waals surface area contributed by atoms with Crippen LogP contribution >= 0.6 is 15.9 Å². The smallest absolute Gasteiger partial charge is 0.121 e. The lowest BCUT2D eigenvalue weighted by Gasteiger charge is -1.89. The molecule has 9 heavy (non-hydrogen) atoms. The zero-order chi connectivity index (χ0) is 6.69. The maximum Gasteiger partial charge on any atom is 0.121 e. The normalized spacial score (nSPS) is 8.44. The molecule has 0 aliphatic carbocycles. The van der Waals surface area contributed by atoms with Crippen molar-refractivity contribution in [1.82, 2.24) is 4.98 Å². The molecule has 1 heterocycles. The summed E-state index contributed by atoms with van der Waals surface area (Å²) in [6.45, 7) is 0. The summed E-state index contributed by atoms with van der Waals surface area (Å²) in [6.07, 6.45) is 6.67. The Labute approximate surface area is 62.2 Å². The maximum absolute atomic E-state index is 5.11. The van der Waals surface area contributed by atoms with E-state index < -0.39 is 0 Å². The number of rotatable bonds is 0. The molecule has 0 unspecified atom stereocenters. The van der Waals surface area contributed by atoms with Crippen LogP contribution in [0.5, 0.6) is 0 Å². The molecular formula is C7H3BrN. The molecule has 1 radical (unpaired) electrons. The Balaban J connectivity index is 3.20. The number of pyridine rings is 1. The Hall–Kier alpha value is -0.810. The Kier molecular flexibility index (Phi) is 1.86. The SMILES string of the molecule is C#Cc1c[c]cnc1Br. The third-order valence-corrected chi connectivity index (χ3v) is 1.49. The lowest BCUT2D eigenvalue weighted by molar-refractivity contribution is 1.26. The van der Waals surface area contributed by atoms with E-state index in [1.54, 1.807) is 12.3 Å². The van der Waals surface area contributed by atoms with E-state index in [2.05, 4.69) is 32.9 Å². The summed E-state index contributed by atoms with van der Waals surface area (Å²) in [4.78, 5) is 3.87. The predicted octanol–water partition coefficient (Wildman–Crippen LogP) is 1.63. The van der Waals surface area contributed by atoms with Crippen LogP contribution in [0, 0.1) is 18.4 Å². The minimum atomic E-state index is 0.698. The van der Waals surface area contributed by atoms with E-state index in [1.807, 2.05) is 0 Å². The topological polar surface area (TPSA) is 12.9 Å². The lowest BCUT2D eigenvalue weighted by Crippen LogP contribution is -1.78. The lowest BCUT2D eigenvalue weighted by atomic mass is 10.3. The fourth-order valence-electron chi connectivity index (χ4n) is 0.445. The van der Waals surface area contributed by atoms with Gasteiger partial charge in [-0.25, -0.2) is 4.98 Å². The Morgan fingerprint density at radius 1 is 1.78 bits per heavy atom. The van der Waals surface area contributed by atoms with Gasteiger partial charge in [0.05, 0.1) is 5.56 Å². The van der Waals surface area contributed by atoms with Gasteiger partial charge in [-0.15, -0.1) is 6.42 Å². The highest BCUT2D eigenvalue weighted by Gasteiger charge is 1.91. The second-order valence-corrected chi connectivity index (χ2v) is 2.17. The summed E-state index contributed by atoms with van der Waals surface area (Å²) < 4.78 is 0.698. The zero-order valence-electron chi connectivity index (χ0n) is 4.56. The van der Waals surface area contributed by atoms with Crippen molar-refractivity contribution in [3.8, 4) is 12.3 Å². The molecule has 2 heteroatoms. The monoisotopic (exact) mass is 180 g/mol. The van der Waals surface area contributed by atoms with E-state index in [1.165, 1.54) is 0 Å². The second-order valence-electron chi connectivity index (χ2n) is 1.42. The van der Waals surface area contributed by atoms with Crippen molar-refractivity contribution in [3.63, 3.8) is 0 Å². The molecule has 0 saturated heterocycles. The van der Waals surface area contributed by atoms with E-state index in [0.717, 1.165) is 5.56 Å². The van der Waals surface area contributed by atoms with Crippen molar-refractivity contribution in [2.45, 2.75) is 0 Å². The van der Waals surface area contributed by atoms with Crippen LogP contribution in [0.1, 0.15) is 5.56 Å². The van der Waals surface area contributed by atoms with E-state index in [4.69, 9.17) is 6.42 Å². The quantitative estimate of drug-likeness (QED) is 0.437. The van der Waals surface area contributed by atoms with Gasteiger partial charge < -0.3 is 0 Å². The van der Waals surface area contributed by atoms with Crippen molar-refractivity contribution in [2.24, 2.45) is 0 Å². The van der Waals surface area contributed by atoms with Crippen LogP contribution in [0.25, 0.3) is 0 Å². The molecule has 0 aromatic carbocycles. The number of halogens is 1. The van der Waals surface area contributed by atoms with Crippen LogP contribution < -0.4 is 0 Å². The van der Waals surface area contributed by atoms with Crippen LogP contribution in [0.3, 0.4) is 0 Å². The summed E-state index contributed by atoms with van der Waals surface area (Å²) in [6, 6.07) is 4.47. The van der Waals surface area contributed by atoms with Crippen LogP contribution in [-0.4, -0.2) is 4.98 Å². The van der Waals surface area contributed by atoms with Gasteiger partial charge in [0.25, 0.3) is 0 Å². The molecule has 0 atom stereocenters.